The molecule has 0 aromatic heterocycles. The average Bonchev–Trinajstić information content (AvgIpc) is 2.94. The second-order valence-electron chi connectivity index (χ2n) is 5.61. The van der Waals surface area contributed by atoms with Crippen LogP contribution in [0.3, 0.4) is 0 Å². The molecule has 1 atom stereocenters. The maximum Gasteiger partial charge on any atom is 0.319 e. The van der Waals surface area contributed by atoms with Crippen LogP contribution in [0.1, 0.15) is 25.7 Å². The third-order valence-electron chi connectivity index (χ3n) is 3.95. The molecule has 5 nitrogen and oxygen atoms in total. The SMILES string of the molecule is O=C(NCCCCN1CCCC1CO)Nc1cccc(I)c1. The van der Waals surface area contributed by atoms with Gasteiger partial charge in [-0.1, -0.05) is 6.07 Å². The zero-order valence-corrected chi connectivity index (χ0v) is 14.9. The largest absolute Gasteiger partial charge is 0.395 e. The Hall–Kier alpha value is -0.860. The van der Waals surface area contributed by atoms with E-state index in [0.717, 1.165) is 41.6 Å². The van der Waals surface area contributed by atoms with Gasteiger partial charge in [-0.25, -0.2) is 4.79 Å². The van der Waals surface area contributed by atoms with Gasteiger partial charge in [0.2, 0.25) is 0 Å². The number of amides is 2. The van der Waals surface area contributed by atoms with E-state index in [1.54, 1.807) is 0 Å². The predicted octanol–water partition coefficient (Wildman–Crippen LogP) is 2.65. The predicted molar refractivity (Wildman–Crippen MR) is 97.1 cm³/mol. The fourth-order valence-corrected chi connectivity index (χ4v) is 3.32. The monoisotopic (exact) mass is 417 g/mol. The molecular weight excluding hydrogens is 393 g/mol. The van der Waals surface area contributed by atoms with Crippen molar-refractivity contribution in [2.45, 2.75) is 31.7 Å². The second-order valence-corrected chi connectivity index (χ2v) is 6.86. The molecular formula is C16H24IN3O2. The Bertz CT molecular complexity index is 484. The van der Waals surface area contributed by atoms with E-state index in [9.17, 15) is 9.90 Å². The van der Waals surface area contributed by atoms with Crippen LogP contribution in [0.25, 0.3) is 0 Å². The van der Waals surface area contributed by atoms with E-state index in [1.807, 2.05) is 24.3 Å². The molecule has 2 amide bonds. The van der Waals surface area contributed by atoms with Gasteiger partial charge >= 0.3 is 6.03 Å². The summed E-state index contributed by atoms with van der Waals surface area (Å²) < 4.78 is 1.10. The number of aliphatic hydroxyl groups is 1. The van der Waals surface area contributed by atoms with E-state index in [2.05, 4.69) is 38.1 Å². The number of urea groups is 1. The molecule has 1 heterocycles. The molecule has 22 heavy (non-hydrogen) atoms. The van der Waals surface area contributed by atoms with Crippen LogP contribution in [0, 0.1) is 3.57 Å². The molecule has 6 heteroatoms. The topological polar surface area (TPSA) is 64.6 Å². The van der Waals surface area contributed by atoms with Crippen molar-refractivity contribution in [1.29, 1.82) is 0 Å². The number of anilines is 1. The van der Waals surface area contributed by atoms with Crippen molar-refractivity contribution in [2.75, 3.05) is 31.6 Å². The number of hydrogen-bond donors (Lipinski definition) is 3. The molecule has 1 fully saturated rings. The van der Waals surface area contributed by atoms with Gasteiger partial charge < -0.3 is 15.7 Å². The van der Waals surface area contributed by atoms with E-state index in [-0.39, 0.29) is 12.6 Å². The summed E-state index contributed by atoms with van der Waals surface area (Å²) in [5.74, 6) is 0. The van der Waals surface area contributed by atoms with Crippen LogP contribution in [-0.4, -0.2) is 48.3 Å². The number of hydrogen-bond acceptors (Lipinski definition) is 3. The van der Waals surface area contributed by atoms with Crippen molar-refractivity contribution in [1.82, 2.24) is 10.2 Å². The molecule has 1 aromatic rings. The lowest BCUT2D eigenvalue weighted by molar-refractivity contribution is 0.157. The molecule has 0 saturated carbocycles. The lowest BCUT2D eigenvalue weighted by atomic mass is 10.2. The molecule has 0 radical (unpaired) electrons. The highest BCUT2D eigenvalue weighted by Crippen LogP contribution is 2.16. The van der Waals surface area contributed by atoms with Crippen molar-refractivity contribution in [3.05, 3.63) is 27.8 Å². The number of benzene rings is 1. The van der Waals surface area contributed by atoms with Crippen molar-refractivity contribution in [3.63, 3.8) is 0 Å². The van der Waals surface area contributed by atoms with Crippen molar-refractivity contribution < 1.29 is 9.90 Å². The Kier molecular flexibility index (Phi) is 7.41. The molecule has 1 saturated heterocycles. The maximum absolute atomic E-state index is 11.8. The first kappa shape index (κ1) is 17.5. The number of carbonyl (C=O) groups excluding carboxylic acids is 1. The maximum atomic E-state index is 11.8. The fourth-order valence-electron chi connectivity index (χ4n) is 2.78. The number of nitrogens with one attached hydrogen (secondary N) is 2. The molecule has 0 bridgehead atoms. The number of nitrogens with zero attached hydrogens (tertiary/aromatic N) is 1. The second kappa shape index (κ2) is 9.32. The summed E-state index contributed by atoms with van der Waals surface area (Å²) in [6.45, 7) is 3.03. The highest BCUT2D eigenvalue weighted by Gasteiger charge is 2.22. The molecule has 0 aliphatic carbocycles. The average molecular weight is 417 g/mol. The van der Waals surface area contributed by atoms with Gasteiger partial charge in [-0.2, -0.15) is 0 Å². The third-order valence-corrected chi connectivity index (χ3v) is 4.62. The van der Waals surface area contributed by atoms with Crippen molar-refractivity contribution in [2.24, 2.45) is 0 Å². The molecule has 122 valence electrons. The Balaban J connectivity index is 1.57. The first-order valence-corrected chi connectivity index (χ1v) is 8.92. The smallest absolute Gasteiger partial charge is 0.319 e. The van der Waals surface area contributed by atoms with E-state index in [4.69, 9.17) is 0 Å². The molecule has 1 aliphatic rings. The molecule has 3 N–H and O–H groups in total. The van der Waals surface area contributed by atoms with E-state index in [0.29, 0.717) is 12.6 Å². The van der Waals surface area contributed by atoms with E-state index < -0.39 is 0 Å². The Labute approximate surface area is 145 Å². The van der Waals surface area contributed by atoms with Gasteiger partial charge in [-0.05, 0) is 79.6 Å². The molecule has 1 unspecified atom stereocenters. The highest BCUT2D eigenvalue weighted by molar-refractivity contribution is 14.1. The lowest BCUT2D eigenvalue weighted by Crippen LogP contribution is -2.34. The molecule has 0 spiro atoms. The van der Waals surface area contributed by atoms with Gasteiger partial charge in [0, 0.05) is 21.8 Å². The minimum atomic E-state index is -0.156. The Morgan fingerprint density at radius 1 is 1.41 bits per heavy atom. The summed E-state index contributed by atoms with van der Waals surface area (Å²) in [4.78, 5) is 14.1. The normalized spacial score (nSPS) is 18.4. The van der Waals surface area contributed by atoms with Crippen molar-refractivity contribution in [3.8, 4) is 0 Å². The zero-order chi connectivity index (χ0) is 15.8. The first-order valence-electron chi connectivity index (χ1n) is 7.84. The van der Waals surface area contributed by atoms with Crippen LogP contribution in [0.4, 0.5) is 10.5 Å². The van der Waals surface area contributed by atoms with Gasteiger partial charge in [0.25, 0.3) is 0 Å². The Morgan fingerprint density at radius 3 is 3.05 bits per heavy atom. The number of rotatable bonds is 7. The molecule has 2 rings (SSSR count). The lowest BCUT2D eigenvalue weighted by Gasteiger charge is -2.22. The van der Waals surface area contributed by atoms with Crippen LogP contribution < -0.4 is 10.6 Å². The van der Waals surface area contributed by atoms with Gasteiger partial charge in [0.05, 0.1) is 6.61 Å². The summed E-state index contributed by atoms with van der Waals surface area (Å²) >= 11 is 2.22. The number of carbonyl (C=O) groups is 1. The van der Waals surface area contributed by atoms with Gasteiger partial charge in [0.15, 0.2) is 0 Å². The minimum absolute atomic E-state index is 0.156. The van der Waals surface area contributed by atoms with Gasteiger partial charge in [-0.3, -0.25) is 4.90 Å². The van der Waals surface area contributed by atoms with Crippen LogP contribution in [0.5, 0.6) is 0 Å². The van der Waals surface area contributed by atoms with Gasteiger partial charge in [-0.15, -0.1) is 0 Å². The summed E-state index contributed by atoms with van der Waals surface area (Å²) in [5, 5.41) is 15.0. The summed E-state index contributed by atoms with van der Waals surface area (Å²) in [6, 6.07) is 7.91. The third kappa shape index (κ3) is 5.73. The summed E-state index contributed by atoms with van der Waals surface area (Å²) in [6.07, 6.45) is 4.28. The first-order chi connectivity index (χ1) is 10.7. The van der Waals surface area contributed by atoms with E-state index in [1.165, 1.54) is 6.42 Å². The highest BCUT2D eigenvalue weighted by atomic mass is 127. The van der Waals surface area contributed by atoms with Crippen LogP contribution in [-0.2, 0) is 0 Å². The van der Waals surface area contributed by atoms with E-state index >= 15 is 0 Å². The Morgan fingerprint density at radius 2 is 2.27 bits per heavy atom. The van der Waals surface area contributed by atoms with Crippen molar-refractivity contribution >= 4 is 34.3 Å². The number of aliphatic hydroxyl groups excluding tert-OH is 1. The molecule has 1 aliphatic heterocycles. The fraction of sp³-hybridized carbons (Fsp3) is 0.562. The minimum Gasteiger partial charge on any atom is -0.395 e. The standard InChI is InChI=1S/C16H24IN3O2/c17-13-5-3-6-14(11-13)19-16(22)18-8-1-2-9-20-10-4-7-15(20)12-21/h3,5-6,11,15,21H,1-2,4,7-10,12H2,(H2,18,19,22). The number of likely N-dealkylation sites (tertiary alicyclic amines) is 1. The molecule has 1 aromatic carbocycles. The zero-order valence-electron chi connectivity index (χ0n) is 12.7. The van der Waals surface area contributed by atoms with Crippen LogP contribution >= 0.6 is 22.6 Å². The number of halogens is 1. The summed E-state index contributed by atoms with van der Waals surface area (Å²) in [7, 11) is 0. The van der Waals surface area contributed by atoms with Gasteiger partial charge in [0.1, 0.15) is 0 Å². The summed E-state index contributed by atoms with van der Waals surface area (Å²) in [5.41, 5.74) is 0.812. The quantitative estimate of drug-likeness (QED) is 0.472. The van der Waals surface area contributed by atoms with Crippen LogP contribution in [0.2, 0.25) is 0 Å². The number of unbranched alkanes of at least 4 members (excludes halogenated alkanes) is 1. The van der Waals surface area contributed by atoms with Crippen LogP contribution in [0.15, 0.2) is 24.3 Å².